The minimum absolute atomic E-state index is 0.111. The predicted molar refractivity (Wildman–Crippen MR) is 150 cm³/mol. The molecule has 0 radical (unpaired) electrons. The topological polar surface area (TPSA) is 104 Å². The zero-order valence-corrected chi connectivity index (χ0v) is 23.8. The van der Waals surface area contributed by atoms with Gasteiger partial charge in [-0.2, -0.15) is 4.31 Å². The van der Waals surface area contributed by atoms with Gasteiger partial charge in [-0.25, -0.2) is 17.8 Å². The van der Waals surface area contributed by atoms with Gasteiger partial charge in [0.25, 0.3) is 5.91 Å². The lowest BCUT2D eigenvalue weighted by Gasteiger charge is -2.34. The molecule has 1 aromatic heterocycles. The Balaban J connectivity index is 1.24. The molecule has 1 N–H and O–H groups in total. The average Bonchev–Trinajstić information content (AvgIpc) is 3.39. The maximum Gasteiger partial charge on any atom is 0.251 e. The molecule has 1 aliphatic rings. The number of thiazole rings is 1. The van der Waals surface area contributed by atoms with Crippen LogP contribution in [-0.4, -0.2) is 108 Å². The molecule has 3 aromatic rings. The first-order valence-electron chi connectivity index (χ1n) is 12.7. The lowest BCUT2D eigenvalue weighted by atomic mass is 10.2. The van der Waals surface area contributed by atoms with Gasteiger partial charge in [0.1, 0.15) is 11.3 Å². The van der Waals surface area contributed by atoms with E-state index in [2.05, 4.69) is 20.1 Å². The van der Waals surface area contributed by atoms with Gasteiger partial charge >= 0.3 is 0 Å². The second-order valence-electron chi connectivity index (χ2n) is 9.08. The molecule has 0 bridgehead atoms. The molecule has 1 aliphatic heterocycles. The van der Waals surface area contributed by atoms with Crippen LogP contribution in [0.1, 0.15) is 10.4 Å². The van der Waals surface area contributed by atoms with Crippen molar-refractivity contribution in [2.75, 3.05) is 84.7 Å². The Morgan fingerprint density at radius 3 is 2.33 bits per heavy atom. The highest BCUT2D eigenvalue weighted by Gasteiger charge is 2.24. The van der Waals surface area contributed by atoms with Crippen LogP contribution >= 0.6 is 11.3 Å². The van der Waals surface area contributed by atoms with Crippen LogP contribution in [0, 0.1) is 5.82 Å². The summed E-state index contributed by atoms with van der Waals surface area (Å²) in [6.45, 7) is 5.26. The third kappa shape index (κ3) is 7.29. The van der Waals surface area contributed by atoms with Crippen LogP contribution in [0.2, 0.25) is 0 Å². The molecule has 0 aliphatic carbocycles. The van der Waals surface area contributed by atoms with Gasteiger partial charge in [0, 0.05) is 72.1 Å². The molecule has 0 atom stereocenters. The highest BCUT2D eigenvalue weighted by molar-refractivity contribution is 7.89. The highest BCUT2D eigenvalue weighted by Crippen LogP contribution is 2.30. The van der Waals surface area contributed by atoms with Crippen molar-refractivity contribution in [1.82, 2.24) is 19.5 Å². The second kappa shape index (κ2) is 13.6. The molecule has 10 nitrogen and oxygen atoms in total. The zero-order chi connectivity index (χ0) is 27.8. The SMILES string of the molecule is COCCN(CCOC)S(=O)(=O)c1ccc(C(=O)NCCN2CCN(c3nc4c(F)cccc4s3)CC2)cc1. The molecule has 0 saturated carbocycles. The van der Waals surface area contributed by atoms with Crippen LogP contribution in [0.4, 0.5) is 9.52 Å². The minimum Gasteiger partial charge on any atom is -0.383 e. The van der Waals surface area contributed by atoms with E-state index in [-0.39, 0.29) is 42.9 Å². The number of halogens is 1. The van der Waals surface area contributed by atoms with Gasteiger partial charge in [0.05, 0.1) is 22.8 Å². The number of hydrogen-bond acceptors (Lipinski definition) is 9. The van der Waals surface area contributed by atoms with Crippen LogP contribution in [0.5, 0.6) is 0 Å². The van der Waals surface area contributed by atoms with E-state index in [1.54, 1.807) is 6.07 Å². The van der Waals surface area contributed by atoms with Crippen molar-refractivity contribution in [3.63, 3.8) is 0 Å². The van der Waals surface area contributed by atoms with Crippen LogP contribution in [-0.2, 0) is 19.5 Å². The Hall–Kier alpha value is -2.68. The number of anilines is 1. The molecular weight excluding hydrogens is 545 g/mol. The molecule has 13 heteroatoms. The maximum absolute atomic E-state index is 14.0. The van der Waals surface area contributed by atoms with Crippen molar-refractivity contribution in [2.45, 2.75) is 4.90 Å². The number of piperazine rings is 1. The summed E-state index contributed by atoms with van der Waals surface area (Å²) in [4.78, 5) is 21.7. The molecule has 1 saturated heterocycles. The molecule has 2 aromatic carbocycles. The normalized spacial score (nSPS) is 14.8. The molecule has 1 fully saturated rings. The first kappa shape index (κ1) is 29.3. The van der Waals surface area contributed by atoms with Gasteiger partial charge in [0.2, 0.25) is 10.0 Å². The molecule has 0 spiro atoms. The van der Waals surface area contributed by atoms with E-state index in [1.165, 1.54) is 60.2 Å². The Bertz CT molecular complexity index is 1340. The molecule has 1 amide bonds. The number of methoxy groups -OCH3 is 2. The van der Waals surface area contributed by atoms with Gasteiger partial charge in [-0.15, -0.1) is 0 Å². The number of ether oxygens (including phenoxy) is 2. The molecule has 4 rings (SSSR count). The molecule has 212 valence electrons. The fourth-order valence-corrected chi connectivity index (χ4v) is 6.74. The number of benzene rings is 2. The fraction of sp³-hybridized carbons (Fsp3) is 0.462. The summed E-state index contributed by atoms with van der Waals surface area (Å²) in [7, 11) is -0.714. The highest BCUT2D eigenvalue weighted by atomic mass is 32.2. The number of nitrogens with zero attached hydrogens (tertiary/aromatic N) is 4. The Morgan fingerprint density at radius 2 is 1.72 bits per heavy atom. The number of sulfonamides is 1. The van der Waals surface area contributed by atoms with E-state index in [0.29, 0.717) is 24.2 Å². The number of nitrogens with one attached hydrogen (secondary N) is 1. The van der Waals surface area contributed by atoms with Crippen LogP contribution in [0.25, 0.3) is 10.2 Å². The van der Waals surface area contributed by atoms with Crippen molar-refractivity contribution in [3.8, 4) is 0 Å². The summed E-state index contributed by atoms with van der Waals surface area (Å²) in [5.41, 5.74) is 0.810. The summed E-state index contributed by atoms with van der Waals surface area (Å²) < 4.78 is 52.3. The lowest BCUT2D eigenvalue weighted by Crippen LogP contribution is -2.48. The summed E-state index contributed by atoms with van der Waals surface area (Å²) in [6, 6.07) is 10.9. The van der Waals surface area contributed by atoms with Crippen molar-refractivity contribution in [3.05, 3.63) is 53.8 Å². The molecule has 0 unspecified atom stereocenters. The summed E-state index contributed by atoms with van der Waals surface area (Å²) >= 11 is 1.50. The van der Waals surface area contributed by atoms with Crippen LogP contribution < -0.4 is 10.2 Å². The van der Waals surface area contributed by atoms with Crippen molar-refractivity contribution >= 4 is 42.6 Å². The number of amides is 1. The minimum atomic E-state index is -3.75. The predicted octanol–water partition coefficient (Wildman–Crippen LogP) is 2.27. The summed E-state index contributed by atoms with van der Waals surface area (Å²) in [5, 5.41) is 3.74. The summed E-state index contributed by atoms with van der Waals surface area (Å²) in [6.07, 6.45) is 0. The second-order valence-corrected chi connectivity index (χ2v) is 12.0. The number of carbonyl (C=O) groups excluding carboxylic acids is 1. The monoisotopic (exact) mass is 579 g/mol. The Kier molecular flexibility index (Phi) is 10.2. The lowest BCUT2D eigenvalue weighted by molar-refractivity contribution is 0.0947. The quantitative estimate of drug-likeness (QED) is 0.329. The van der Waals surface area contributed by atoms with Gasteiger partial charge in [-0.3, -0.25) is 9.69 Å². The maximum atomic E-state index is 14.0. The van der Waals surface area contributed by atoms with Crippen molar-refractivity contribution < 1.29 is 27.1 Å². The van der Waals surface area contributed by atoms with Gasteiger partial charge in [-0.1, -0.05) is 17.4 Å². The van der Waals surface area contributed by atoms with Crippen LogP contribution in [0.15, 0.2) is 47.4 Å². The fourth-order valence-electron chi connectivity index (χ4n) is 4.30. The van der Waals surface area contributed by atoms with E-state index >= 15 is 0 Å². The number of hydrogen-bond donors (Lipinski definition) is 1. The van der Waals surface area contributed by atoms with E-state index in [0.717, 1.165) is 36.0 Å². The largest absolute Gasteiger partial charge is 0.383 e. The van der Waals surface area contributed by atoms with Gasteiger partial charge in [0.15, 0.2) is 5.13 Å². The standard InChI is InChI=1S/C26H34FN5O5S2/c1-36-18-16-32(17-19-37-2)39(34,35)21-8-6-20(7-9-21)25(33)28-10-11-30-12-14-31(15-13-30)26-29-24-22(27)4-3-5-23(24)38-26/h3-9H,10-19H2,1-2H3,(H,28,33). The smallest absolute Gasteiger partial charge is 0.251 e. The third-order valence-corrected chi connectivity index (χ3v) is 9.55. The zero-order valence-electron chi connectivity index (χ0n) is 22.1. The van der Waals surface area contributed by atoms with E-state index in [4.69, 9.17) is 9.47 Å². The van der Waals surface area contributed by atoms with Crippen molar-refractivity contribution in [2.24, 2.45) is 0 Å². The van der Waals surface area contributed by atoms with E-state index in [1.807, 2.05) is 6.07 Å². The van der Waals surface area contributed by atoms with Gasteiger partial charge < -0.3 is 19.7 Å². The number of carbonyl (C=O) groups is 1. The van der Waals surface area contributed by atoms with Crippen LogP contribution in [0.3, 0.4) is 0 Å². The number of para-hydroxylation sites is 1. The van der Waals surface area contributed by atoms with Crippen molar-refractivity contribution in [1.29, 1.82) is 0 Å². The molecular formula is C26H34FN5O5S2. The van der Waals surface area contributed by atoms with Gasteiger partial charge in [-0.05, 0) is 36.4 Å². The number of rotatable bonds is 13. The van der Waals surface area contributed by atoms with E-state index < -0.39 is 10.0 Å². The third-order valence-electron chi connectivity index (χ3n) is 6.56. The average molecular weight is 580 g/mol. The Morgan fingerprint density at radius 1 is 1.05 bits per heavy atom. The summed E-state index contributed by atoms with van der Waals surface area (Å²) in [5.74, 6) is -0.559. The number of aromatic nitrogens is 1. The Labute approximate surface area is 232 Å². The first-order chi connectivity index (χ1) is 18.8. The first-order valence-corrected chi connectivity index (χ1v) is 15.0. The molecule has 39 heavy (non-hydrogen) atoms. The number of fused-ring (bicyclic) bond motifs is 1. The van der Waals surface area contributed by atoms with E-state index in [9.17, 15) is 17.6 Å². The molecule has 2 heterocycles.